The fourth-order valence-electron chi connectivity index (χ4n) is 7.29. The van der Waals surface area contributed by atoms with Crippen molar-refractivity contribution < 1.29 is 49.1 Å². The van der Waals surface area contributed by atoms with Crippen LogP contribution in [0.25, 0.3) is 0 Å². The van der Waals surface area contributed by atoms with Gasteiger partial charge in [0.05, 0.1) is 33.6 Å². The molecule has 69 heavy (non-hydrogen) atoms. The van der Waals surface area contributed by atoms with Crippen LogP contribution in [0.1, 0.15) is 47.6 Å². The first-order chi connectivity index (χ1) is 33.0. The second-order valence-electron chi connectivity index (χ2n) is 15.9. The molecule has 21 heteroatoms. The first-order valence-electron chi connectivity index (χ1n) is 21.6. The Labute approximate surface area is 396 Å². The number of nitrogens with zero attached hydrogens (tertiary/aromatic N) is 4. The lowest BCUT2D eigenvalue weighted by Crippen LogP contribution is -2.59. The number of aliphatic imine (C=N–C) groups is 1. The van der Waals surface area contributed by atoms with Crippen molar-refractivity contribution in [2.24, 2.45) is 16.5 Å². The number of nitrogens with one attached hydrogen (secondary N) is 3. The molecule has 0 aliphatic carbocycles. The van der Waals surface area contributed by atoms with E-state index in [4.69, 9.17) is 16.2 Å². The predicted octanol–water partition coefficient (Wildman–Crippen LogP) is 3.96. The average molecular weight is 948 g/mol. The Kier molecular flexibility index (Phi) is 18.5. The van der Waals surface area contributed by atoms with E-state index in [1.165, 1.54) is 31.2 Å². The van der Waals surface area contributed by atoms with Crippen molar-refractivity contribution in [1.82, 2.24) is 20.9 Å². The van der Waals surface area contributed by atoms with Gasteiger partial charge in [0.25, 0.3) is 11.4 Å². The minimum Gasteiger partial charge on any atom is -0.507 e. The number of amides is 3. The molecule has 0 radical (unpaired) electrons. The maximum Gasteiger partial charge on any atom is 0.325 e. The Balaban J connectivity index is 1.57. The summed E-state index contributed by atoms with van der Waals surface area (Å²) in [7, 11) is 0. The number of carboxylic acid groups (broad SMARTS) is 1. The highest BCUT2D eigenvalue weighted by atomic mass is 16.6. The second-order valence-corrected chi connectivity index (χ2v) is 15.9. The number of phenols is 2. The highest BCUT2D eigenvalue weighted by molar-refractivity contribution is 5.94. The first-order valence-corrected chi connectivity index (χ1v) is 21.6. The lowest BCUT2D eigenvalue weighted by Gasteiger charge is -2.35. The van der Waals surface area contributed by atoms with E-state index in [0.29, 0.717) is 16.9 Å². The molecule has 5 rings (SSSR count). The summed E-state index contributed by atoms with van der Waals surface area (Å²) in [4.78, 5) is 84.1. The number of carbonyl (C=O) groups excluding carboxylic acids is 3. The van der Waals surface area contributed by atoms with Gasteiger partial charge in [-0.25, -0.2) is 0 Å². The van der Waals surface area contributed by atoms with Gasteiger partial charge >= 0.3 is 5.97 Å². The minimum atomic E-state index is -1.60. The van der Waals surface area contributed by atoms with Crippen LogP contribution in [0.3, 0.4) is 0 Å². The number of aromatic hydroxyl groups is 2. The summed E-state index contributed by atoms with van der Waals surface area (Å²) in [5.41, 5.74) is 11.6. The second kappa shape index (κ2) is 24.8. The quantitative estimate of drug-likeness (QED) is 0.0135. The van der Waals surface area contributed by atoms with E-state index in [-0.39, 0.29) is 55.9 Å². The summed E-state index contributed by atoms with van der Waals surface area (Å²) >= 11 is 0. The number of nitrogens with two attached hydrogens (primary N) is 2. The van der Waals surface area contributed by atoms with Crippen LogP contribution < -0.4 is 32.2 Å². The number of carbonyl (C=O) groups is 4. The fourth-order valence-corrected chi connectivity index (χ4v) is 7.29. The molecule has 0 aliphatic rings. The van der Waals surface area contributed by atoms with Gasteiger partial charge in [-0.05, 0) is 67.1 Å². The topological polar surface area (TPSA) is 328 Å². The summed E-state index contributed by atoms with van der Waals surface area (Å²) in [6.45, 7) is 0.285. The Morgan fingerprint density at radius 1 is 0.710 bits per heavy atom. The Morgan fingerprint density at radius 2 is 1.28 bits per heavy atom. The van der Waals surface area contributed by atoms with Crippen molar-refractivity contribution in [1.29, 1.82) is 0 Å². The summed E-state index contributed by atoms with van der Waals surface area (Å²) in [5, 5.41) is 63.9. The zero-order valence-corrected chi connectivity index (χ0v) is 37.5. The van der Waals surface area contributed by atoms with Gasteiger partial charge in [0.1, 0.15) is 42.0 Å². The van der Waals surface area contributed by atoms with Gasteiger partial charge in [-0.1, -0.05) is 84.9 Å². The molecule has 0 saturated carbocycles. The van der Waals surface area contributed by atoms with Crippen molar-refractivity contribution in [2.75, 3.05) is 6.54 Å². The Morgan fingerprint density at radius 3 is 1.86 bits per heavy atom. The van der Waals surface area contributed by atoms with Crippen LogP contribution in [0, 0.1) is 20.2 Å². The van der Waals surface area contributed by atoms with Crippen LogP contribution >= 0.6 is 0 Å². The molecular formula is C48H53N9O12. The van der Waals surface area contributed by atoms with E-state index in [0.717, 1.165) is 22.6 Å². The van der Waals surface area contributed by atoms with Crippen LogP contribution in [-0.2, 0) is 51.7 Å². The number of rotatable bonds is 25. The number of ether oxygens (including phenoxy) is 1. The molecule has 10 N–H and O–H groups in total. The van der Waals surface area contributed by atoms with Gasteiger partial charge in [-0.2, -0.15) is 0 Å². The Bertz CT molecular complexity index is 2610. The van der Waals surface area contributed by atoms with Crippen LogP contribution in [-0.4, -0.2) is 90.4 Å². The molecule has 5 aromatic rings. The predicted molar refractivity (Wildman–Crippen MR) is 253 cm³/mol. The number of hydrogen-bond donors (Lipinski definition) is 8. The van der Waals surface area contributed by atoms with Gasteiger partial charge in [-0.15, -0.1) is 0 Å². The van der Waals surface area contributed by atoms with Crippen LogP contribution in [0.4, 0.5) is 11.4 Å². The van der Waals surface area contributed by atoms with E-state index >= 15 is 4.79 Å². The lowest BCUT2D eigenvalue weighted by atomic mass is 9.99. The van der Waals surface area contributed by atoms with E-state index in [2.05, 4.69) is 20.9 Å². The van der Waals surface area contributed by atoms with Gasteiger partial charge < -0.3 is 52.4 Å². The molecule has 0 spiro atoms. The number of nitro groups is 2. The Hall–Kier alpha value is -8.59. The number of guanidine groups is 1. The standard InChI is InChI=1S/C48H53N9O12/c1-30(47(63)64)53-45(61)41(26-31-11-4-2-5-12-31)55(28-36-40(57(67)68)17-9-19-43(36)59)46(62)37(15-10-24-51-48(49)50)54-44(60)38(52-27-35-39(56(65)66)16-8-18-42(35)58)25-32-20-22-34(23-21-32)69-29-33-13-6-3-7-14-33/h2-9,11-14,16-23,30,37-38,41,52,58-59H,10,15,24-29H2,1H3,(H,53,61)(H,54,60)(H,63,64)(H4,49,50,51)/t30-,37-,38-,41-/m0/s1. The van der Waals surface area contributed by atoms with Crippen LogP contribution in [0.5, 0.6) is 17.2 Å². The molecule has 0 fully saturated rings. The molecule has 0 aliphatic heterocycles. The van der Waals surface area contributed by atoms with E-state index in [1.54, 1.807) is 54.6 Å². The van der Waals surface area contributed by atoms with Gasteiger partial charge in [0.2, 0.25) is 17.7 Å². The van der Waals surface area contributed by atoms with E-state index in [9.17, 15) is 49.9 Å². The molecule has 0 bridgehead atoms. The minimum absolute atomic E-state index is 0.0334. The molecule has 0 heterocycles. The van der Waals surface area contributed by atoms with Crippen molar-refractivity contribution in [3.05, 3.63) is 169 Å². The molecule has 3 amide bonds. The SMILES string of the molecule is C[C@H](NC(=O)[C@H](Cc1ccccc1)N(Cc1c(O)cccc1[N+](=O)[O-])C(=O)[C@H](CCCN=C(N)N)NC(=O)[C@H](Cc1ccc(OCc2ccccc2)cc1)NCc1c(O)cccc1[N+](=O)[O-])C(=O)O. The van der Waals surface area contributed by atoms with Crippen molar-refractivity contribution >= 4 is 41.0 Å². The number of nitro benzene ring substituents is 2. The number of phenolic OH excluding ortho intramolecular Hbond substituents is 2. The molecular weight excluding hydrogens is 895 g/mol. The van der Waals surface area contributed by atoms with E-state index in [1.807, 2.05) is 30.3 Å². The number of benzene rings is 5. The third-order valence-corrected chi connectivity index (χ3v) is 11.0. The summed E-state index contributed by atoms with van der Waals surface area (Å²) in [5.74, 6) is -4.92. The molecule has 21 nitrogen and oxygen atoms in total. The average Bonchev–Trinajstić information content (AvgIpc) is 3.32. The normalized spacial score (nSPS) is 12.6. The summed E-state index contributed by atoms with van der Waals surface area (Å²) < 4.78 is 5.93. The van der Waals surface area contributed by atoms with Crippen molar-refractivity contribution in [3.63, 3.8) is 0 Å². The zero-order chi connectivity index (χ0) is 50.0. The molecule has 5 aromatic carbocycles. The third-order valence-electron chi connectivity index (χ3n) is 11.0. The third kappa shape index (κ3) is 15.0. The fraction of sp³-hybridized carbons (Fsp3) is 0.271. The largest absolute Gasteiger partial charge is 0.507 e. The lowest BCUT2D eigenvalue weighted by molar-refractivity contribution is -0.385. The van der Waals surface area contributed by atoms with Gasteiger partial charge in [0, 0.05) is 31.6 Å². The molecule has 362 valence electrons. The number of aliphatic carboxylic acids is 1. The smallest absolute Gasteiger partial charge is 0.325 e. The molecule has 4 atom stereocenters. The number of hydrogen-bond acceptors (Lipinski definition) is 13. The molecule has 0 aromatic heterocycles. The van der Waals surface area contributed by atoms with Crippen molar-refractivity contribution in [2.45, 2.75) is 76.5 Å². The summed E-state index contributed by atoms with van der Waals surface area (Å²) in [6, 6.07) is 25.9. The molecule has 0 saturated heterocycles. The summed E-state index contributed by atoms with van der Waals surface area (Å²) in [6.07, 6.45) is -0.481. The monoisotopic (exact) mass is 947 g/mol. The molecule has 0 unspecified atom stereocenters. The highest BCUT2D eigenvalue weighted by Gasteiger charge is 2.38. The van der Waals surface area contributed by atoms with Crippen LogP contribution in [0.2, 0.25) is 0 Å². The first kappa shape index (κ1) is 51.4. The maximum absolute atomic E-state index is 15.3. The zero-order valence-electron chi connectivity index (χ0n) is 37.5. The van der Waals surface area contributed by atoms with E-state index < -0.39 is 93.7 Å². The van der Waals surface area contributed by atoms with Gasteiger partial charge in [0.15, 0.2) is 5.96 Å². The highest BCUT2D eigenvalue weighted by Crippen LogP contribution is 2.31. The number of carboxylic acids is 1. The van der Waals surface area contributed by atoms with Crippen molar-refractivity contribution in [3.8, 4) is 17.2 Å². The van der Waals surface area contributed by atoms with Crippen LogP contribution in [0.15, 0.2) is 126 Å². The van der Waals surface area contributed by atoms with Gasteiger partial charge in [-0.3, -0.25) is 44.4 Å². The maximum atomic E-state index is 15.3.